The van der Waals surface area contributed by atoms with Crippen molar-refractivity contribution in [2.24, 2.45) is 0 Å². The van der Waals surface area contributed by atoms with Crippen LogP contribution in [0.3, 0.4) is 0 Å². The average molecular weight is 322 g/mol. The number of rotatable bonds is 8. The summed E-state index contributed by atoms with van der Waals surface area (Å²) in [6.07, 6.45) is 0.997. The van der Waals surface area contributed by atoms with E-state index in [1.54, 1.807) is 7.11 Å². The predicted octanol–water partition coefficient (Wildman–Crippen LogP) is 3.87. The van der Waals surface area contributed by atoms with E-state index in [2.05, 4.69) is 28.1 Å². The Labute approximate surface area is 116 Å². The van der Waals surface area contributed by atoms with Crippen LogP contribution in [0.15, 0.2) is 24.3 Å². The summed E-state index contributed by atoms with van der Waals surface area (Å²) < 4.78 is 10.4. The van der Waals surface area contributed by atoms with Crippen molar-refractivity contribution in [3.05, 3.63) is 34.9 Å². The van der Waals surface area contributed by atoms with Gasteiger partial charge in [0, 0.05) is 24.1 Å². The quantitative estimate of drug-likeness (QED) is 0.534. The van der Waals surface area contributed by atoms with Gasteiger partial charge in [-0.05, 0) is 30.0 Å². The van der Waals surface area contributed by atoms with Gasteiger partial charge in [0.15, 0.2) is 0 Å². The van der Waals surface area contributed by atoms with E-state index in [4.69, 9.17) is 21.1 Å². The number of halogens is 2. The summed E-state index contributed by atoms with van der Waals surface area (Å²) in [7, 11) is 1.68. The molecule has 0 aromatic heterocycles. The molecule has 0 N–H and O–H groups in total. The monoisotopic (exact) mass is 320 g/mol. The Morgan fingerprint density at radius 1 is 1.18 bits per heavy atom. The zero-order chi connectivity index (χ0) is 12.5. The molecule has 1 aromatic carbocycles. The van der Waals surface area contributed by atoms with Gasteiger partial charge in [-0.3, -0.25) is 0 Å². The molecular weight excluding hydrogens is 303 g/mol. The first-order valence-electron chi connectivity index (χ1n) is 5.66. The van der Waals surface area contributed by atoms with Crippen LogP contribution in [0.25, 0.3) is 0 Å². The number of alkyl halides is 1. The number of hydrogen-bond acceptors (Lipinski definition) is 2. The van der Waals surface area contributed by atoms with Gasteiger partial charge in [-0.25, -0.2) is 0 Å². The molecule has 2 nitrogen and oxygen atoms in total. The molecule has 17 heavy (non-hydrogen) atoms. The predicted molar refractivity (Wildman–Crippen MR) is 75.3 cm³/mol. The summed E-state index contributed by atoms with van der Waals surface area (Å²) in [4.78, 5) is 0. The molecule has 0 fully saturated rings. The van der Waals surface area contributed by atoms with Crippen molar-refractivity contribution in [3.8, 4) is 0 Å². The van der Waals surface area contributed by atoms with Gasteiger partial charge in [-0.15, -0.1) is 0 Å². The van der Waals surface area contributed by atoms with Crippen LogP contribution in [0, 0.1) is 0 Å². The molecule has 0 aliphatic rings. The van der Waals surface area contributed by atoms with Gasteiger partial charge >= 0.3 is 0 Å². The molecule has 1 rings (SSSR count). The van der Waals surface area contributed by atoms with Gasteiger partial charge in [0.1, 0.15) is 0 Å². The smallest absolute Gasteiger partial charge is 0.0700 e. The second-order valence-corrected chi connectivity index (χ2v) is 4.88. The molecule has 0 spiro atoms. The Bertz CT molecular complexity index is 303. The first-order chi connectivity index (χ1) is 8.27. The second-order valence-electron chi connectivity index (χ2n) is 3.80. The Balaban J connectivity index is 2.35. The minimum absolute atomic E-state index is 0.467. The van der Waals surface area contributed by atoms with Gasteiger partial charge in [-0.1, -0.05) is 39.7 Å². The van der Waals surface area contributed by atoms with E-state index < -0.39 is 0 Å². The lowest BCUT2D eigenvalue weighted by Crippen LogP contribution is -2.08. The fourth-order valence-corrected chi connectivity index (χ4v) is 2.36. The SMILES string of the molecule is COCCOCCC(CBr)c1ccc(Cl)cc1. The third kappa shape index (κ3) is 5.87. The molecule has 1 aromatic rings. The molecule has 1 atom stereocenters. The largest absolute Gasteiger partial charge is 0.382 e. The molecular formula is C13H18BrClO2. The molecule has 0 saturated carbocycles. The highest BCUT2D eigenvalue weighted by Crippen LogP contribution is 2.23. The topological polar surface area (TPSA) is 18.5 Å². The van der Waals surface area contributed by atoms with Crippen molar-refractivity contribution in [3.63, 3.8) is 0 Å². The summed E-state index contributed by atoms with van der Waals surface area (Å²) in [6, 6.07) is 8.00. The molecule has 4 heteroatoms. The molecule has 0 bridgehead atoms. The van der Waals surface area contributed by atoms with Crippen LogP contribution in [-0.2, 0) is 9.47 Å². The first-order valence-corrected chi connectivity index (χ1v) is 7.16. The van der Waals surface area contributed by atoms with E-state index >= 15 is 0 Å². The van der Waals surface area contributed by atoms with Crippen molar-refractivity contribution in [1.82, 2.24) is 0 Å². The van der Waals surface area contributed by atoms with Crippen LogP contribution in [-0.4, -0.2) is 32.3 Å². The second kappa shape index (κ2) is 8.92. The van der Waals surface area contributed by atoms with Gasteiger partial charge in [-0.2, -0.15) is 0 Å². The number of benzene rings is 1. The van der Waals surface area contributed by atoms with Crippen molar-refractivity contribution in [1.29, 1.82) is 0 Å². The highest BCUT2D eigenvalue weighted by Gasteiger charge is 2.09. The van der Waals surface area contributed by atoms with E-state index in [9.17, 15) is 0 Å². The summed E-state index contributed by atoms with van der Waals surface area (Å²) in [5, 5.41) is 1.71. The lowest BCUT2D eigenvalue weighted by molar-refractivity contribution is 0.0677. The van der Waals surface area contributed by atoms with Gasteiger partial charge in [0.05, 0.1) is 13.2 Å². The van der Waals surface area contributed by atoms with E-state index in [1.165, 1.54) is 5.56 Å². The average Bonchev–Trinajstić information content (AvgIpc) is 2.35. The van der Waals surface area contributed by atoms with Gasteiger partial charge in [0.25, 0.3) is 0 Å². The Kier molecular flexibility index (Phi) is 7.86. The van der Waals surface area contributed by atoms with Crippen molar-refractivity contribution in [2.45, 2.75) is 12.3 Å². The van der Waals surface area contributed by atoms with Crippen LogP contribution >= 0.6 is 27.5 Å². The molecule has 1 unspecified atom stereocenters. The summed E-state index contributed by atoms with van der Waals surface area (Å²) in [6.45, 7) is 2.06. The summed E-state index contributed by atoms with van der Waals surface area (Å²) in [5.74, 6) is 0.467. The zero-order valence-corrected chi connectivity index (χ0v) is 12.3. The minimum Gasteiger partial charge on any atom is -0.382 e. The maximum atomic E-state index is 5.87. The van der Waals surface area contributed by atoms with E-state index in [1.807, 2.05) is 12.1 Å². The molecule has 96 valence electrons. The fraction of sp³-hybridized carbons (Fsp3) is 0.538. The van der Waals surface area contributed by atoms with Crippen molar-refractivity contribution in [2.75, 3.05) is 32.3 Å². The number of hydrogen-bond donors (Lipinski definition) is 0. The lowest BCUT2D eigenvalue weighted by Gasteiger charge is -2.14. The Morgan fingerprint density at radius 3 is 2.47 bits per heavy atom. The summed E-state index contributed by atoms with van der Waals surface area (Å²) >= 11 is 9.41. The van der Waals surface area contributed by atoms with Crippen LogP contribution in [0.5, 0.6) is 0 Å². The standard InChI is InChI=1S/C13H18BrClO2/c1-16-8-9-17-7-6-12(10-14)11-2-4-13(15)5-3-11/h2-5,12H,6-10H2,1H3. The molecule has 0 heterocycles. The molecule has 0 radical (unpaired) electrons. The normalized spacial score (nSPS) is 12.6. The van der Waals surface area contributed by atoms with Crippen LogP contribution in [0.4, 0.5) is 0 Å². The van der Waals surface area contributed by atoms with E-state index in [0.29, 0.717) is 19.1 Å². The fourth-order valence-electron chi connectivity index (χ4n) is 1.54. The Morgan fingerprint density at radius 2 is 1.88 bits per heavy atom. The van der Waals surface area contributed by atoms with Crippen LogP contribution in [0.1, 0.15) is 17.9 Å². The lowest BCUT2D eigenvalue weighted by atomic mass is 9.98. The maximum Gasteiger partial charge on any atom is 0.0700 e. The van der Waals surface area contributed by atoms with Crippen molar-refractivity contribution < 1.29 is 9.47 Å². The summed E-state index contributed by atoms with van der Waals surface area (Å²) in [5.41, 5.74) is 1.29. The first kappa shape index (κ1) is 15.0. The highest BCUT2D eigenvalue weighted by molar-refractivity contribution is 9.09. The van der Waals surface area contributed by atoms with E-state index in [0.717, 1.165) is 23.4 Å². The molecule has 0 aliphatic heterocycles. The highest BCUT2D eigenvalue weighted by atomic mass is 79.9. The molecule has 0 amide bonds. The minimum atomic E-state index is 0.467. The zero-order valence-electron chi connectivity index (χ0n) is 9.99. The maximum absolute atomic E-state index is 5.87. The van der Waals surface area contributed by atoms with Gasteiger partial charge in [0.2, 0.25) is 0 Å². The number of ether oxygens (including phenoxy) is 2. The Hall–Kier alpha value is -0.0900. The van der Waals surface area contributed by atoms with Crippen LogP contribution < -0.4 is 0 Å². The molecule has 0 saturated heterocycles. The number of methoxy groups -OCH3 is 1. The van der Waals surface area contributed by atoms with Gasteiger partial charge < -0.3 is 9.47 Å². The third-order valence-corrected chi connectivity index (χ3v) is 3.60. The molecule has 0 aliphatic carbocycles. The van der Waals surface area contributed by atoms with E-state index in [-0.39, 0.29) is 0 Å². The van der Waals surface area contributed by atoms with Crippen LogP contribution in [0.2, 0.25) is 5.02 Å². The third-order valence-electron chi connectivity index (χ3n) is 2.57. The van der Waals surface area contributed by atoms with Crippen molar-refractivity contribution >= 4 is 27.5 Å².